The summed E-state index contributed by atoms with van der Waals surface area (Å²) in [6, 6.07) is 0. The van der Waals surface area contributed by atoms with E-state index in [2.05, 4.69) is 5.32 Å². The van der Waals surface area contributed by atoms with Gasteiger partial charge in [-0.3, -0.25) is 4.79 Å². The highest BCUT2D eigenvalue weighted by molar-refractivity contribution is 7.99. The van der Waals surface area contributed by atoms with Gasteiger partial charge in [0.15, 0.2) is 0 Å². The molecule has 0 bridgehead atoms. The van der Waals surface area contributed by atoms with E-state index in [9.17, 15) is 14.7 Å². The molecule has 0 saturated carbocycles. The van der Waals surface area contributed by atoms with E-state index in [-0.39, 0.29) is 5.91 Å². The van der Waals surface area contributed by atoms with Crippen molar-refractivity contribution in [3.63, 3.8) is 0 Å². The largest absolute Gasteiger partial charge is 0.479 e. The second-order valence-corrected chi connectivity index (χ2v) is 5.64. The third-order valence-electron chi connectivity index (χ3n) is 3.27. The van der Waals surface area contributed by atoms with Gasteiger partial charge in [-0.2, -0.15) is 11.8 Å². The van der Waals surface area contributed by atoms with E-state index in [0.29, 0.717) is 25.2 Å². The van der Waals surface area contributed by atoms with Gasteiger partial charge in [-0.25, -0.2) is 4.79 Å². The second kappa shape index (κ2) is 5.27. The number of rotatable bonds is 3. The van der Waals surface area contributed by atoms with Gasteiger partial charge in [0.25, 0.3) is 0 Å². The molecule has 2 aliphatic rings. The van der Waals surface area contributed by atoms with Crippen LogP contribution in [0.4, 0.5) is 0 Å². The van der Waals surface area contributed by atoms with Crippen LogP contribution in [0.15, 0.2) is 0 Å². The van der Waals surface area contributed by atoms with Gasteiger partial charge >= 0.3 is 5.97 Å². The van der Waals surface area contributed by atoms with Gasteiger partial charge in [0.1, 0.15) is 11.6 Å². The van der Waals surface area contributed by atoms with Crippen molar-refractivity contribution in [2.45, 2.75) is 37.3 Å². The monoisotopic (exact) mass is 259 g/mol. The number of amides is 1. The molecule has 17 heavy (non-hydrogen) atoms. The van der Waals surface area contributed by atoms with Crippen molar-refractivity contribution in [2.75, 3.05) is 18.1 Å². The number of hydrogen-bond donors (Lipinski definition) is 2. The van der Waals surface area contributed by atoms with Crippen molar-refractivity contribution >= 4 is 23.6 Å². The van der Waals surface area contributed by atoms with Crippen molar-refractivity contribution in [3.8, 4) is 0 Å². The Hall–Kier alpha value is -0.750. The number of nitrogens with one attached hydrogen (secondary N) is 1. The van der Waals surface area contributed by atoms with Crippen LogP contribution < -0.4 is 5.32 Å². The topological polar surface area (TPSA) is 75.6 Å². The third-order valence-corrected chi connectivity index (χ3v) is 4.46. The summed E-state index contributed by atoms with van der Waals surface area (Å²) in [5.74, 6) is 0.0140. The van der Waals surface area contributed by atoms with Gasteiger partial charge in [-0.1, -0.05) is 0 Å². The standard InChI is InChI=1S/C11H17NO4S/c13-9(8-3-1-2-5-16-8)12-11(10(14)15)4-6-17-7-11/h8H,1-7H2,(H,12,13)(H,14,15)/t8-,11+/m1/s1. The maximum Gasteiger partial charge on any atom is 0.330 e. The molecule has 5 nitrogen and oxygen atoms in total. The maximum atomic E-state index is 12.0. The van der Waals surface area contributed by atoms with Gasteiger partial charge in [-0.05, 0) is 31.4 Å². The summed E-state index contributed by atoms with van der Waals surface area (Å²) in [6.45, 7) is 0.590. The van der Waals surface area contributed by atoms with Crippen LogP contribution in [-0.2, 0) is 14.3 Å². The van der Waals surface area contributed by atoms with E-state index < -0.39 is 17.6 Å². The number of carboxylic acids is 1. The molecule has 0 unspecified atom stereocenters. The molecule has 2 aliphatic heterocycles. The molecule has 2 heterocycles. The van der Waals surface area contributed by atoms with Gasteiger partial charge in [0, 0.05) is 12.4 Å². The molecule has 1 amide bonds. The van der Waals surface area contributed by atoms with Crippen molar-refractivity contribution in [1.29, 1.82) is 0 Å². The average Bonchev–Trinajstić information content (AvgIpc) is 2.80. The lowest BCUT2D eigenvalue weighted by atomic mass is 9.98. The number of ether oxygens (including phenoxy) is 1. The zero-order valence-electron chi connectivity index (χ0n) is 9.61. The smallest absolute Gasteiger partial charge is 0.330 e. The quantitative estimate of drug-likeness (QED) is 0.777. The van der Waals surface area contributed by atoms with Crippen LogP contribution in [0, 0.1) is 0 Å². The number of carbonyl (C=O) groups excluding carboxylic acids is 1. The van der Waals surface area contributed by atoms with Crippen LogP contribution in [0.1, 0.15) is 25.7 Å². The fourth-order valence-electron chi connectivity index (χ4n) is 2.15. The van der Waals surface area contributed by atoms with E-state index in [0.717, 1.165) is 18.6 Å². The fourth-order valence-corrected chi connectivity index (χ4v) is 3.48. The molecule has 2 saturated heterocycles. The Labute approximate surface area is 104 Å². The molecule has 0 aromatic heterocycles. The minimum absolute atomic E-state index is 0.269. The Morgan fingerprint density at radius 3 is 2.76 bits per heavy atom. The van der Waals surface area contributed by atoms with Gasteiger partial charge in [-0.15, -0.1) is 0 Å². The first-order chi connectivity index (χ1) is 8.14. The van der Waals surface area contributed by atoms with Crippen LogP contribution in [0.2, 0.25) is 0 Å². The Balaban J connectivity index is 1.98. The zero-order chi connectivity index (χ0) is 12.3. The Morgan fingerprint density at radius 2 is 2.24 bits per heavy atom. The second-order valence-electron chi connectivity index (χ2n) is 4.53. The van der Waals surface area contributed by atoms with Crippen molar-refractivity contribution in [1.82, 2.24) is 5.32 Å². The number of carbonyl (C=O) groups is 2. The molecular weight excluding hydrogens is 242 g/mol. The normalized spacial score (nSPS) is 33.3. The van der Waals surface area contributed by atoms with Crippen LogP contribution in [0.25, 0.3) is 0 Å². The number of carboxylic acid groups (broad SMARTS) is 1. The predicted octanol–water partition coefficient (Wildman–Crippen LogP) is 0.632. The van der Waals surface area contributed by atoms with Crippen molar-refractivity contribution in [2.24, 2.45) is 0 Å². The Bertz CT molecular complexity index is 309. The lowest BCUT2D eigenvalue weighted by Crippen LogP contribution is -2.57. The fraction of sp³-hybridized carbons (Fsp3) is 0.818. The number of aliphatic carboxylic acids is 1. The summed E-state index contributed by atoms with van der Waals surface area (Å²) in [5.41, 5.74) is -1.08. The van der Waals surface area contributed by atoms with Gasteiger partial charge in [0.05, 0.1) is 0 Å². The highest BCUT2D eigenvalue weighted by Crippen LogP contribution is 2.28. The molecule has 2 N–H and O–H groups in total. The minimum atomic E-state index is -1.08. The average molecular weight is 259 g/mol. The lowest BCUT2D eigenvalue weighted by Gasteiger charge is -2.29. The van der Waals surface area contributed by atoms with E-state index in [1.54, 1.807) is 11.8 Å². The van der Waals surface area contributed by atoms with Crippen LogP contribution in [0.5, 0.6) is 0 Å². The predicted molar refractivity (Wildman–Crippen MR) is 64.0 cm³/mol. The molecule has 6 heteroatoms. The first kappa shape index (κ1) is 12.7. The summed E-state index contributed by atoms with van der Waals surface area (Å²) in [7, 11) is 0. The van der Waals surface area contributed by atoms with Crippen LogP contribution in [-0.4, -0.2) is 46.7 Å². The van der Waals surface area contributed by atoms with E-state index in [4.69, 9.17) is 4.74 Å². The Morgan fingerprint density at radius 1 is 1.41 bits per heavy atom. The molecule has 96 valence electrons. The van der Waals surface area contributed by atoms with Gasteiger partial charge < -0.3 is 15.2 Å². The molecule has 2 fully saturated rings. The van der Waals surface area contributed by atoms with Crippen LogP contribution >= 0.6 is 11.8 Å². The van der Waals surface area contributed by atoms with E-state index in [1.165, 1.54) is 0 Å². The first-order valence-corrected chi connectivity index (χ1v) is 7.04. The number of hydrogen-bond acceptors (Lipinski definition) is 4. The summed E-state index contributed by atoms with van der Waals surface area (Å²) in [5, 5.41) is 11.9. The van der Waals surface area contributed by atoms with Crippen molar-refractivity contribution in [3.05, 3.63) is 0 Å². The summed E-state index contributed by atoms with van der Waals surface area (Å²) < 4.78 is 5.36. The first-order valence-electron chi connectivity index (χ1n) is 5.89. The number of thioether (sulfide) groups is 1. The summed E-state index contributed by atoms with van der Waals surface area (Å²) >= 11 is 1.56. The van der Waals surface area contributed by atoms with E-state index in [1.807, 2.05) is 0 Å². The third kappa shape index (κ3) is 2.74. The molecule has 0 aromatic carbocycles. The zero-order valence-corrected chi connectivity index (χ0v) is 10.4. The molecule has 0 spiro atoms. The molecule has 2 rings (SSSR count). The molecule has 0 aliphatic carbocycles. The van der Waals surface area contributed by atoms with Crippen molar-refractivity contribution < 1.29 is 19.4 Å². The van der Waals surface area contributed by atoms with E-state index >= 15 is 0 Å². The SMILES string of the molecule is O=C(N[C@@]1(C(=O)O)CCSC1)[C@H]1CCCCO1. The lowest BCUT2D eigenvalue weighted by molar-refractivity contribution is -0.149. The highest BCUT2D eigenvalue weighted by Gasteiger charge is 2.44. The van der Waals surface area contributed by atoms with Crippen LogP contribution in [0.3, 0.4) is 0 Å². The maximum absolute atomic E-state index is 12.0. The molecule has 2 atom stereocenters. The molecular formula is C11H17NO4S. The molecule has 0 aromatic rings. The van der Waals surface area contributed by atoms with Gasteiger partial charge in [0.2, 0.25) is 5.91 Å². The summed E-state index contributed by atoms with van der Waals surface area (Å²) in [4.78, 5) is 23.2. The minimum Gasteiger partial charge on any atom is -0.479 e. The highest BCUT2D eigenvalue weighted by atomic mass is 32.2. The molecule has 0 radical (unpaired) electrons. The summed E-state index contributed by atoms with van der Waals surface area (Å²) in [6.07, 6.45) is 2.65. The Kier molecular flexibility index (Phi) is 3.93.